The lowest BCUT2D eigenvalue weighted by Gasteiger charge is -2.13. The number of aromatic amines is 1. The monoisotopic (exact) mass is 296 g/mol. The number of nitrogens with one attached hydrogen (secondary N) is 2. The molecule has 1 heterocycles. The van der Waals surface area contributed by atoms with E-state index in [-0.39, 0.29) is 22.1 Å². The van der Waals surface area contributed by atoms with E-state index in [9.17, 15) is 18.0 Å². The quantitative estimate of drug-likeness (QED) is 0.850. The van der Waals surface area contributed by atoms with Crippen molar-refractivity contribution >= 4 is 15.9 Å². The van der Waals surface area contributed by atoms with E-state index in [0.29, 0.717) is 11.8 Å². The first-order chi connectivity index (χ1) is 9.37. The van der Waals surface area contributed by atoms with Gasteiger partial charge in [-0.3, -0.25) is 9.59 Å². The summed E-state index contributed by atoms with van der Waals surface area (Å²) in [7, 11) is -3.92. The summed E-state index contributed by atoms with van der Waals surface area (Å²) in [6.45, 7) is 1.49. The maximum Gasteiger partial charge on any atom is 0.265 e. The zero-order valence-corrected chi connectivity index (χ0v) is 11.9. The van der Waals surface area contributed by atoms with Gasteiger partial charge in [-0.1, -0.05) is 0 Å². The average Bonchev–Trinajstić information content (AvgIpc) is 2.94. The molecule has 0 aliphatic heterocycles. The van der Waals surface area contributed by atoms with Gasteiger partial charge in [0, 0.05) is 17.7 Å². The lowest BCUT2D eigenvalue weighted by molar-refractivity contribution is -0.123. The first kappa shape index (κ1) is 13.4. The van der Waals surface area contributed by atoms with Crippen LogP contribution in [0.15, 0.2) is 21.8 Å². The topological polar surface area (TPSA) is 96.1 Å². The number of carbonyl (C=O) groups excluding carboxylic acids is 1. The van der Waals surface area contributed by atoms with Crippen LogP contribution in [0.4, 0.5) is 0 Å². The molecule has 2 saturated carbocycles. The molecule has 2 N–H and O–H groups in total. The van der Waals surface area contributed by atoms with Gasteiger partial charge in [0.1, 0.15) is 4.90 Å². The second-order valence-corrected chi connectivity index (χ2v) is 7.36. The van der Waals surface area contributed by atoms with Crippen molar-refractivity contribution in [1.82, 2.24) is 9.71 Å². The molecular formula is C13H16N2O4S. The van der Waals surface area contributed by atoms with E-state index in [1.54, 1.807) is 0 Å². The summed E-state index contributed by atoms with van der Waals surface area (Å²) in [5.41, 5.74) is -0.143. The van der Waals surface area contributed by atoms with Crippen molar-refractivity contribution in [3.63, 3.8) is 0 Å². The third kappa shape index (κ3) is 2.37. The lowest BCUT2D eigenvalue weighted by atomic mass is 10.0. The molecule has 3 atom stereocenters. The van der Waals surface area contributed by atoms with Gasteiger partial charge in [-0.25, -0.2) is 13.1 Å². The number of H-pyrrole nitrogens is 1. The molecule has 2 aliphatic rings. The highest BCUT2D eigenvalue weighted by atomic mass is 32.2. The van der Waals surface area contributed by atoms with Gasteiger partial charge < -0.3 is 4.98 Å². The van der Waals surface area contributed by atoms with Crippen molar-refractivity contribution in [2.24, 2.45) is 17.8 Å². The van der Waals surface area contributed by atoms with Crippen LogP contribution in [-0.4, -0.2) is 19.3 Å². The maximum absolute atomic E-state index is 12.2. The molecule has 0 aromatic carbocycles. The molecule has 7 heteroatoms. The molecule has 108 valence electrons. The fraction of sp³-hybridized carbons (Fsp3) is 0.538. The Morgan fingerprint density at radius 2 is 1.90 bits per heavy atom. The minimum Gasteiger partial charge on any atom is -0.325 e. The third-order valence-electron chi connectivity index (χ3n) is 4.21. The van der Waals surface area contributed by atoms with Crippen LogP contribution >= 0.6 is 0 Å². The molecule has 1 aromatic rings. The van der Waals surface area contributed by atoms with E-state index in [1.807, 2.05) is 0 Å². The predicted octanol–water partition coefficient (Wildman–Crippen LogP) is 0.534. The van der Waals surface area contributed by atoms with Gasteiger partial charge in [-0.15, -0.1) is 0 Å². The zero-order valence-electron chi connectivity index (χ0n) is 11.0. The number of aryl methyl sites for hydroxylation is 1. The van der Waals surface area contributed by atoms with Crippen LogP contribution in [0.5, 0.6) is 0 Å². The fourth-order valence-corrected chi connectivity index (χ4v) is 4.30. The predicted molar refractivity (Wildman–Crippen MR) is 71.4 cm³/mol. The first-order valence-electron chi connectivity index (χ1n) is 6.63. The molecule has 0 radical (unpaired) electrons. The van der Waals surface area contributed by atoms with E-state index < -0.39 is 15.9 Å². The van der Waals surface area contributed by atoms with Crippen molar-refractivity contribution in [1.29, 1.82) is 0 Å². The van der Waals surface area contributed by atoms with E-state index in [2.05, 4.69) is 9.71 Å². The Labute approximate surface area is 116 Å². The lowest BCUT2D eigenvalue weighted by Crippen LogP contribution is -2.36. The number of sulfonamides is 1. The summed E-state index contributed by atoms with van der Waals surface area (Å²) in [4.78, 5) is 25.5. The van der Waals surface area contributed by atoms with Gasteiger partial charge in [0.25, 0.3) is 10.0 Å². The first-order valence-corrected chi connectivity index (χ1v) is 8.12. The van der Waals surface area contributed by atoms with Gasteiger partial charge in [0.2, 0.25) is 11.5 Å². The SMILES string of the molecule is Cc1[nH]c(=O)ccc1S(=O)(=O)NC(=O)C1C[C@@H]2C[C@@H]2C1. The van der Waals surface area contributed by atoms with Crippen LogP contribution in [0.1, 0.15) is 25.0 Å². The number of fused-ring (bicyclic) bond motifs is 1. The molecular weight excluding hydrogens is 280 g/mol. The van der Waals surface area contributed by atoms with Crippen LogP contribution < -0.4 is 10.3 Å². The van der Waals surface area contributed by atoms with Crippen LogP contribution in [0.2, 0.25) is 0 Å². The van der Waals surface area contributed by atoms with E-state index in [4.69, 9.17) is 0 Å². The minimum atomic E-state index is -3.92. The highest BCUT2D eigenvalue weighted by molar-refractivity contribution is 7.90. The molecule has 6 nitrogen and oxygen atoms in total. The van der Waals surface area contributed by atoms with Crippen molar-refractivity contribution < 1.29 is 13.2 Å². The summed E-state index contributed by atoms with van der Waals surface area (Å²) in [6.07, 6.45) is 2.75. The normalized spacial score (nSPS) is 27.9. The molecule has 0 saturated heterocycles. The number of hydrogen-bond acceptors (Lipinski definition) is 4. The standard InChI is InChI=1S/C13H16N2O4S/c1-7-11(2-3-12(16)14-7)20(18,19)15-13(17)10-5-8-4-9(8)6-10/h2-3,8-10H,4-6H2,1H3,(H,14,16)(H,15,17)/t8-,9+,10?. The second kappa shape index (κ2) is 4.44. The summed E-state index contributed by atoms with van der Waals surface area (Å²) in [5, 5.41) is 0. The summed E-state index contributed by atoms with van der Waals surface area (Å²) in [6, 6.07) is 2.35. The highest BCUT2D eigenvalue weighted by Gasteiger charge is 2.48. The number of aromatic nitrogens is 1. The Bertz CT molecular complexity index is 712. The second-order valence-electron chi connectivity index (χ2n) is 5.71. The molecule has 0 bridgehead atoms. The van der Waals surface area contributed by atoms with Gasteiger partial charge in [0.05, 0.1) is 0 Å². The third-order valence-corrected chi connectivity index (χ3v) is 5.70. The molecule has 20 heavy (non-hydrogen) atoms. The maximum atomic E-state index is 12.2. The van der Waals surface area contributed by atoms with Gasteiger partial charge in [-0.2, -0.15) is 0 Å². The van der Waals surface area contributed by atoms with Crippen LogP contribution in [0.3, 0.4) is 0 Å². The molecule has 0 spiro atoms. The Kier molecular flexibility index (Phi) is 2.97. The molecule has 3 rings (SSSR count). The van der Waals surface area contributed by atoms with Crippen LogP contribution in [0, 0.1) is 24.7 Å². The average molecular weight is 296 g/mol. The number of pyridine rings is 1. The largest absolute Gasteiger partial charge is 0.325 e. The van der Waals surface area contributed by atoms with Crippen molar-refractivity contribution in [3.05, 3.63) is 28.2 Å². The summed E-state index contributed by atoms with van der Waals surface area (Å²) < 4.78 is 26.5. The Morgan fingerprint density at radius 1 is 1.25 bits per heavy atom. The van der Waals surface area contributed by atoms with Gasteiger partial charge in [0.15, 0.2) is 0 Å². The number of hydrogen-bond donors (Lipinski definition) is 2. The molecule has 2 aliphatic carbocycles. The number of carbonyl (C=O) groups is 1. The van der Waals surface area contributed by atoms with Crippen LogP contribution in [-0.2, 0) is 14.8 Å². The molecule has 2 fully saturated rings. The Morgan fingerprint density at radius 3 is 2.50 bits per heavy atom. The Hall–Kier alpha value is -1.63. The molecule has 1 aromatic heterocycles. The smallest absolute Gasteiger partial charge is 0.265 e. The fourth-order valence-electron chi connectivity index (χ4n) is 3.06. The summed E-state index contributed by atoms with van der Waals surface area (Å²) in [5.74, 6) is 0.603. The van der Waals surface area contributed by atoms with Gasteiger partial charge >= 0.3 is 0 Å². The molecule has 1 unspecified atom stereocenters. The van der Waals surface area contributed by atoms with E-state index in [0.717, 1.165) is 18.9 Å². The zero-order chi connectivity index (χ0) is 14.5. The van der Waals surface area contributed by atoms with E-state index >= 15 is 0 Å². The van der Waals surface area contributed by atoms with Crippen molar-refractivity contribution in [2.45, 2.75) is 31.1 Å². The van der Waals surface area contributed by atoms with Gasteiger partial charge in [-0.05, 0) is 44.1 Å². The number of rotatable bonds is 3. The molecule has 1 amide bonds. The van der Waals surface area contributed by atoms with Crippen molar-refractivity contribution in [3.8, 4) is 0 Å². The highest BCUT2D eigenvalue weighted by Crippen LogP contribution is 2.54. The number of amides is 1. The van der Waals surface area contributed by atoms with Crippen molar-refractivity contribution in [2.75, 3.05) is 0 Å². The Balaban J connectivity index is 1.78. The van der Waals surface area contributed by atoms with E-state index in [1.165, 1.54) is 19.4 Å². The summed E-state index contributed by atoms with van der Waals surface area (Å²) >= 11 is 0. The van der Waals surface area contributed by atoms with Crippen LogP contribution in [0.25, 0.3) is 0 Å². The minimum absolute atomic E-state index is 0.0615.